The van der Waals surface area contributed by atoms with E-state index in [0.29, 0.717) is 19.1 Å². The lowest BCUT2D eigenvalue weighted by atomic mass is 9.76. The van der Waals surface area contributed by atoms with Crippen LogP contribution in [0.2, 0.25) is 5.02 Å². The van der Waals surface area contributed by atoms with Crippen LogP contribution in [0.25, 0.3) is 0 Å². The Balaban J connectivity index is 1.09. The number of amides is 1. The molecule has 2 bridgehead atoms. The van der Waals surface area contributed by atoms with Crippen LogP contribution >= 0.6 is 11.6 Å². The molecule has 5 rings (SSSR count). The summed E-state index contributed by atoms with van der Waals surface area (Å²) in [7, 11) is 0. The van der Waals surface area contributed by atoms with Gasteiger partial charge in [-0.05, 0) is 37.3 Å². The van der Waals surface area contributed by atoms with Crippen LogP contribution in [0, 0.1) is 11.7 Å². The fourth-order valence-electron chi connectivity index (χ4n) is 4.83. The largest absolute Gasteiger partial charge is 0.522 e. The molecule has 178 valence electrons. The number of carbonyl (C=O) groups excluding carboxylic acids is 1. The van der Waals surface area contributed by atoms with Gasteiger partial charge in [0.25, 0.3) is 5.91 Å². The quantitative estimate of drug-likeness (QED) is 0.396. The Hall–Kier alpha value is -1.62. The fourth-order valence-corrected chi connectivity index (χ4v) is 4.95. The van der Waals surface area contributed by atoms with Crippen LogP contribution in [0.3, 0.4) is 0 Å². The van der Waals surface area contributed by atoms with Crippen molar-refractivity contribution >= 4 is 17.5 Å². The monoisotopic (exact) mass is 480 g/mol. The highest BCUT2D eigenvalue weighted by Crippen LogP contribution is 2.51. The van der Waals surface area contributed by atoms with Crippen molar-refractivity contribution in [2.45, 2.75) is 62.3 Å². The van der Waals surface area contributed by atoms with Crippen molar-refractivity contribution in [1.29, 1.82) is 0 Å². The second kappa shape index (κ2) is 9.32. The van der Waals surface area contributed by atoms with Crippen LogP contribution in [-0.2, 0) is 14.3 Å². The molecule has 0 aromatic heterocycles. The summed E-state index contributed by atoms with van der Waals surface area (Å²) in [6.07, 6.45) is -2.52. The number of carbonyl (C=O) groups is 1. The molecule has 0 radical (unpaired) electrons. The lowest BCUT2D eigenvalue weighted by Crippen LogP contribution is -2.53. The molecule has 0 heterocycles. The van der Waals surface area contributed by atoms with Gasteiger partial charge in [0.1, 0.15) is 11.6 Å². The molecule has 4 aliphatic rings. The normalized spacial score (nSPS) is 31.0. The van der Waals surface area contributed by atoms with Gasteiger partial charge < -0.3 is 20.1 Å². The molecular weight excluding hydrogens is 456 g/mol. The Bertz CT molecular complexity index is 829. The Labute approximate surface area is 187 Å². The first-order valence-electron chi connectivity index (χ1n) is 10.6. The summed E-state index contributed by atoms with van der Waals surface area (Å²) in [5.41, 5.74) is -0.245. The third-order valence-electron chi connectivity index (χ3n) is 6.37. The van der Waals surface area contributed by atoms with Crippen molar-refractivity contribution in [3.05, 3.63) is 29.0 Å². The first-order valence-corrected chi connectivity index (χ1v) is 11.0. The summed E-state index contributed by atoms with van der Waals surface area (Å²) in [5, 5.41) is 6.45. The highest BCUT2D eigenvalue weighted by Gasteiger charge is 2.56. The summed E-state index contributed by atoms with van der Waals surface area (Å²) in [4.78, 5) is 12.3. The first kappa shape index (κ1) is 23.5. The van der Waals surface area contributed by atoms with E-state index in [9.17, 15) is 22.4 Å². The smallest absolute Gasteiger partial charge is 0.484 e. The number of halogens is 5. The minimum Gasteiger partial charge on any atom is -0.484 e. The van der Waals surface area contributed by atoms with Crippen LogP contribution in [0.5, 0.6) is 5.75 Å². The standard InChI is InChI=1S/C21H25ClF4N2O4/c22-16-2-1-13(7-17(16)23)31-11-19(29)28-20-8-12(9-20)18(10-20)27-3-4-30-14-5-15(6-14)32-21(24,25)26/h1-2,7,12,14-15,18,27H,3-6,8-11H2,(H,28,29)/t12?,14-,15+,18?,20?. The number of fused-ring (bicyclic) bond motifs is 1. The summed E-state index contributed by atoms with van der Waals surface area (Å²) in [6, 6.07) is 4.27. The number of hydrogen-bond acceptors (Lipinski definition) is 5. The van der Waals surface area contributed by atoms with E-state index in [1.54, 1.807) is 0 Å². The van der Waals surface area contributed by atoms with Gasteiger partial charge in [-0.3, -0.25) is 9.53 Å². The molecule has 4 aliphatic carbocycles. The van der Waals surface area contributed by atoms with Crippen LogP contribution in [0.4, 0.5) is 17.6 Å². The molecular formula is C21H25ClF4N2O4. The highest BCUT2D eigenvalue weighted by atomic mass is 35.5. The number of alkyl halides is 3. The van der Waals surface area contributed by atoms with E-state index in [4.69, 9.17) is 21.1 Å². The molecule has 0 spiro atoms. The van der Waals surface area contributed by atoms with Crippen molar-refractivity contribution in [2.75, 3.05) is 19.8 Å². The van der Waals surface area contributed by atoms with Crippen molar-refractivity contribution in [3.8, 4) is 5.75 Å². The third kappa shape index (κ3) is 5.84. The van der Waals surface area contributed by atoms with Gasteiger partial charge in [-0.2, -0.15) is 0 Å². The van der Waals surface area contributed by atoms with E-state index in [1.807, 2.05) is 0 Å². The summed E-state index contributed by atoms with van der Waals surface area (Å²) < 4.78 is 64.6. The summed E-state index contributed by atoms with van der Waals surface area (Å²) >= 11 is 5.63. The fraction of sp³-hybridized carbons (Fsp3) is 0.667. The molecule has 1 atom stereocenters. The first-order chi connectivity index (χ1) is 15.1. The molecule has 1 aromatic carbocycles. The van der Waals surface area contributed by atoms with Gasteiger partial charge in [0, 0.05) is 37.0 Å². The van der Waals surface area contributed by atoms with Gasteiger partial charge in [0.2, 0.25) is 0 Å². The Morgan fingerprint density at radius 3 is 2.62 bits per heavy atom. The lowest BCUT2D eigenvalue weighted by Gasteiger charge is -2.39. The van der Waals surface area contributed by atoms with E-state index in [1.165, 1.54) is 12.1 Å². The molecule has 4 saturated carbocycles. The van der Waals surface area contributed by atoms with Crippen LogP contribution in [0.15, 0.2) is 18.2 Å². The Morgan fingerprint density at radius 2 is 1.94 bits per heavy atom. The summed E-state index contributed by atoms with van der Waals surface area (Å²) in [5.74, 6) is -0.163. The van der Waals surface area contributed by atoms with E-state index in [2.05, 4.69) is 15.4 Å². The topological polar surface area (TPSA) is 68.8 Å². The van der Waals surface area contributed by atoms with E-state index >= 15 is 0 Å². The molecule has 2 N–H and O–H groups in total. The predicted octanol–water partition coefficient (Wildman–Crippen LogP) is 3.57. The number of rotatable bonds is 10. The van der Waals surface area contributed by atoms with Gasteiger partial charge in [0.15, 0.2) is 6.61 Å². The maximum atomic E-state index is 13.4. The maximum absolute atomic E-state index is 13.4. The van der Waals surface area contributed by atoms with Crippen molar-refractivity contribution in [3.63, 3.8) is 0 Å². The van der Waals surface area contributed by atoms with Crippen LogP contribution in [-0.4, -0.2) is 55.8 Å². The molecule has 6 nitrogen and oxygen atoms in total. The van der Waals surface area contributed by atoms with Crippen molar-refractivity contribution in [1.82, 2.24) is 10.6 Å². The molecule has 11 heteroatoms. The van der Waals surface area contributed by atoms with Crippen LogP contribution < -0.4 is 15.4 Å². The third-order valence-corrected chi connectivity index (χ3v) is 6.67. The Kier molecular flexibility index (Phi) is 6.86. The van der Waals surface area contributed by atoms with Gasteiger partial charge in [-0.1, -0.05) is 11.6 Å². The predicted molar refractivity (Wildman–Crippen MR) is 107 cm³/mol. The second-order valence-electron chi connectivity index (χ2n) is 8.78. The number of benzene rings is 1. The Morgan fingerprint density at radius 1 is 1.19 bits per heavy atom. The zero-order valence-electron chi connectivity index (χ0n) is 17.2. The van der Waals surface area contributed by atoms with E-state index < -0.39 is 18.3 Å². The minimum absolute atomic E-state index is 0.0107. The molecule has 32 heavy (non-hydrogen) atoms. The lowest BCUT2D eigenvalue weighted by molar-refractivity contribution is -0.357. The summed E-state index contributed by atoms with van der Waals surface area (Å²) in [6.45, 7) is 0.801. The molecule has 1 unspecified atom stereocenters. The molecule has 0 aliphatic heterocycles. The molecule has 1 aromatic rings. The zero-order chi connectivity index (χ0) is 22.9. The van der Waals surface area contributed by atoms with Crippen molar-refractivity contribution < 1.29 is 36.6 Å². The van der Waals surface area contributed by atoms with Gasteiger partial charge in [-0.15, -0.1) is 13.2 Å². The minimum atomic E-state index is -4.59. The zero-order valence-corrected chi connectivity index (χ0v) is 18.0. The van der Waals surface area contributed by atoms with Gasteiger partial charge >= 0.3 is 6.36 Å². The van der Waals surface area contributed by atoms with Gasteiger partial charge in [0.05, 0.1) is 23.8 Å². The average molecular weight is 481 g/mol. The second-order valence-corrected chi connectivity index (χ2v) is 9.18. The number of nitrogens with one attached hydrogen (secondary N) is 2. The van der Waals surface area contributed by atoms with Crippen LogP contribution in [0.1, 0.15) is 32.1 Å². The number of ether oxygens (including phenoxy) is 3. The molecule has 4 fully saturated rings. The van der Waals surface area contributed by atoms with E-state index in [-0.39, 0.29) is 53.8 Å². The SMILES string of the molecule is O=C(COc1ccc(Cl)c(F)c1)NC12CC(C1)C(NCCO[C@H]1C[C@@H](OC(F)(F)F)C1)C2. The van der Waals surface area contributed by atoms with E-state index in [0.717, 1.165) is 25.3 Å². The molecule has 0 saturated heterocycles. The maximum Gasteiger partial charge on any atom is 0.522 e. The highest BCUT2D eigenvalue weighted by molar-refractivity contribution is 6.30. The van der Waals surface area contributed by atoms with Gasteiger partial charge in [-0.25, -0.2) is 4.39 Å². The average Bonchev–Trinajstić information content (AvgIpc) is 3.16. The molecule has 1 amide bonds. The number of hydrogen-bond donors (Lipinski definition) is 2. The van der Waals surface area contributed by atoms with Crippen molar-refractivity contribution in [2.24, 2.45) is 5.92 Å².